The van der Waals surface area contributed by atoms with Gasteiger partial charge in [0, 0.05) is 30.5 Å². The molecule has 3 aromatic heterocycles. The van der Waals surface area contributed by atoms with Crippen molar-refractivity contribution >= 4 is 5.82 Å². The molecule has 5 rings (SSSR count). The van der Waals surface area contributed by atoms with Crippen LogP contribution in [0.25, 0.3) is 22.8 Å². The molecule has 34 heavy (non-hydrogen) atoms. The van der Waals surface area contributed by atoms with Gasteiger partial charge in [-0.05, 0) is 37.5 Å². The average molecular weight is 459 g/mol. The van der Waals surface area contributed by atoms with Crippen LogP contribution in [0, 0.1) is 25.1 Å². The molecule has 1 saturated heterocycles. The number of benzene rings is 1. The first-order valence-corrected chi connectivity index (χ1v) is 11.0. The van der Waals surface area contributed by atoms with E-state index < -0.39 is 5.82 Å². The Bertz CT molecular complexity index is 1380. The fraction of sp³-hybridized carbons (Fsp3) is 0.292. The van der Waals surface area contributed by atoms with Crippen molar-refractivity contribution in [1.82, 2.24) is 34.7 Å². The average Bonchev–Trinajstić information content (AvgIpc) is 3.52. The maximum Gasteiger partial charge on any atom is 0.193 e. The minimum Gasteiger partial charge on any atom is -0.381 e. The van der Waals surface area contributed by atoms with E-state index in [0.717, 1.165) is 37.3 Å². The van der Waals surface area contributed by atoms with Crippen molar-refractivity contribution in [3.8, 4) is 35.1 Å². The highest BCUT2D eigenvalue weighted by Gasteiger charge is 2.20. The van der Waals surface area contributed by atoms with Crippen LogP contribution in [0.5, 0.6) is 0 Å². The van der Waals surface area contributed by atoms with Gasteiger partial charge in [0.1, 0.15) is 11.4 Å². The number of hydrogen-bond donors (Lipinski definition) is 1. The molecule has 0 saturated carbocycles. The van der Waals surface area contributed by atoms with Crippen molar-refractivity contribution in [3.63, 3.8) is 0 Å². The smallest absolute Gasteiger partial charge is 0.193 e. The molecule has 1 aromatic carbocycles. The summed E-state index contributed by atoms with van der Waals surface area (Å²) in [6, 6.07) is 7.72. The highest BCUT2D eigenvalue weighted by molar-refractivity contribution is 5.69. The van der Waals surface area contributed by atoms with Gasteiger partial charge in [0.2, 0.25) is 0 Å². The summed E-state index contributed by atoms with van der Waals surface area (Å²) in [5, 5.41) is 12.9. The van der Waals surface area contributed by atoms with E-state index in [1.54, 1.807) is 16.9 Å². The first kappa shape index (κ1) is 21.7. The van der Waals surface area contributed by atoms with Gasteiger partial charge in [0.15, 0.2) is 17.5 Å². The number of anilines is 1. The van der Waals surface area contributed by atoms with Crippen LogP contribution in [0.1, 0.15) is 35.7 Å². The monoisotopic (exact) mass is 458 g/mol. The fourth-order valence-electron chi connectivity index (χ4n) is 4.05. The predicted molar refractivity (Wildman–Crippen MR) is 124 cm³/mol. The van der Waals surface area contributed by atoms with E-state index in [1.807, 2.05) is 36.0 Å². The molecule has 0 amide bonds. The van der Waals surface area contributed by atoms with E-state index in [2.05, 4.69) is 31.3 Å². The molecule has 172 valence electrons. The van der Waals surface area contributed by atoms with E-state index in [0.29, 0.717) is 23.7 Å². The summed E-state index contributed by atoms with van der Waals surface area (Å²) >= 11 is 0. The second-order valence-corrected chi connectivity index (χ2v) is 8.15. The quantitative estimate of drug-likeness (QED) is 0.458. The van der Waals surface area contributed by atoms with Gasteiger partial charge in [0.05, 0.1) is 24.5 Å². The Balaban J connectivity index is 1.42. The van der Waals surface area contributed by atoms with E-state index >= 15 is 0 Å². The Morgan fingerprint density at radius 1 is 1.24 bits per heavy atom. The summed E-state index contributed by atoms with van der Waals surface area (Å²) in [4.78, 5) is 8.55. The summed E-state index contributed by atoms with van der Waals surface area (Å²) in [7, 11) is 0. The molecule has 9 nitrogen and oxygen atoms in total. The third kappa shape index (κ3) is 4.13. The standard InChI is InChI=1S/C24H23FN8O/c1-3-16-5-4-6-19(15(16)2)24-27-22(21(25)23(26)28-24)20-14-32(31-29-20)13-17-7-10-33(30-17)18-8-11-34-12-9-18/h1,4-7,10,14,18H,8-9,11-13H2,2H3,(H2,26,27,28). The van der Waals surface area contributed by atoms with Gasteiger partial charge < -0.3 is 10.5 Å². The Morgan fingerprint density at radius 2 is 2.06 bits per heavy atom. The lowest BCUT2D eigenvalue weighted by molar-refractivity contribution is 0.0661. The SMILES string of the molecule is C#Cc1cccc(-c2nc(N)c(F)c(-c3cn(Cc4ccn(C5CCOCC5)n4)nn3)n2)c1C. The van der Waals surface area contributed by atoms with Crippen LogP contribution in [0.3, 0.4) is 0 Å². The zero-order valence-corrected chi connectivity index (χ0v) is 18.6. The largest absolute Gasteiger partial charge is 0.381 e. The minimum absolute atomic E-state index is 0.0213. The van der Waals surface area contributed by atoms with Crippen LogP contribution >= 0.6 is 0 Å². The second-order valence-electron chi connectivity index (χ2n) is 8.15. The summed E-state index contributed by atoms with van der Waals surface area (Å²) in [5.41, 5.74) is 9.13. The summed E-state index contributed by atoms with van der Waals surface area (Å²) in [6.45, 7) is 3.74. The van der Waals surface area contributed by atoms with Crippen LogP contribution in [-0.2, 0) is 11.3 Å². The molecular formula is C24H23FN8O. The molecule has 4 heterocycles. The summed E-state index contributed by atoms with van der Waals surface area (Å²) in [5.74, 6) is 1.88. The number of nitrogen functional groups attached to an aromatic ring is 1. The maximum atomic E-state index is 14.9. The van der Waals surface area contributed by atoms with Crippen molar-refractivity contribution in [2.45, 2.75) is 32.4 Å². The topological polar surface area (TPSA) is 110 Å². The van der Waals surface area contributed by atoms with Gasteiger partial charge >= 0.3 is 0 Å². The molecule has 1 aliphatic heterocycles. The molecule has 1 fully saturated rings. The lowest BCUT2D eigenvalue weighted by atomic mass is 10.0. The van der Waals surface area contributed by atoms with Crippen molar-refractivity contribution in [2.24, 2.45) is 0 Å². The molecule has 0 radical (unpaired) electrons. The Kier molecular flexibility index (Phi) is 5.77. The summed E-state index contributed by atoms with van der Waals surface area (Å²) in [6.07, 6.45) is 11.0. The number of rotatable bonds is 5. The van der Waals surface area contributed by atoms with Crippen LogP contribution in [0.2, 0.25) is 0 Å². The highest BCUT2D eigenvalue weighted by atomic mass is 19.1. The number of nitrogens with two attached hydrogens (primary N) is 1. The first-order chi connectivity index (χ1) is 16.5. The molecule has 0 atom stereocenters. The lowest BCUT2D eigenvalue weighted by Gasteiger charge is -2.22. The molecule has 0 aliphatic carbocycles. The molecule has 4 aromatic rings. The van der Waals surface area contributed by atoms with Crippen molar-refractivity contribution < 1.29 is 9.13 Å². The van der Waals surface area contributed by atoms with Crippen molar-refractivity contribution in [3.05, 3.63) is 59.3 Å². The third-order valence-corrected chi connectivity index (χ3v) is 5.94. The van der Waals surface area contributed by atoms with Crippen LogP contribution in [0.15, 0.2) is 36.7 Å². The molecule has 0 unspecified atom stereocenters. The highest BCUT2D eigenvalue weighted by Crippen LogP contribution is 2.28. The molecule has 0 spiro atoms. The zero-order chi connectivity index (χ0) is 23.7. The van der Waals surface area contributed by atoms with E-state index in [9.17, 15) is 4.39 Å². The van der Waals surface area contributed by atoms with Gasteiger partial charge in [-0.1, -0.05) is 23.3 Å². The first-order valence-electron chi connectivity index (χ1n) is 11.0. The summed E-state index contributed by atoms with van der Waals surface area (Å²) < 4.78 is 23.9. The van der Waals surface area contributed by atoms with Crippen molar-refractivity contribution in [1.29, 1.82) is 0 Å². The normalized spacial score (nSPS) is 14.3. The van der Waals surface area contributed by atoms with Gasteiger partial charge in [-0.15, -0.1) is 11.5 Å². The Hall–Kier alpha value is -4.10. The van der Waals surface area contributed by atoms with Crippen LogP contribution < -0.4 is 5.73 Å². The molecule has 2 N–H and O–H groups in total. The second kappa shape index (κ2) is 9.03. The minimum atomic E-state index is -0.745. The number of halogens is 1. The number of terminal acetylenes is 1. The molecule has 0 bridgehead atoms. The van der Waals surface area contributed by atoms with Crippen molar-refractivity contribution in [2.75, 3.05) is 18.9 Å². The Morgan fingerprint density at radius 3 is 2.85 bits per heavy atom. The Labute approximate surface area is 195 Å². The molecular weight excluding hydrogens is 435 g/mol. The maximum absolute atomic E-state index is 14.9. The number of aromatic nitrogens is 7. The predicted octanol–water partition coefficient (Wildman–Crippen LogP) is 3.01. The molecule has 10 heteroatoms. The van der Waals surface area contributed by atoms with E-state index in [4.69, 9.17) is 16.9 Å². The number of nitrogens with zero attached hydrogens (tertiary/aromatic N) is 7. The van der Waals surface area contributed by atoms with Gasteiger partial charge in [-0.25, -0.2) is 19.0 Å². The number of ether oxygens (including phenoxy) is 1. The van der Waals surface area contributed by atoms with Crippen LogP contribution in [-0.4, -0.2) is 48.0 Å². The van der Waals surface area contributed by atoms with Crippen LogP contribution in [0.4, 0.5) is 10.2 Å². The fourth-order valence-corrected chi connectivity index (χ4v) is 4.05. The zero-order valence-electron chi connectivity index (χ0n) is 18.6. The van der Waals surface area contributed by atoms with Gasteiger partial charge in [-0.3, -0.25) is 4.68 Å². The van der Waals surface area contributed by atoms with Gasteiger partial charge in [-0.2, -0.15) is 5.10 Å². The lowest BCUT2D eigenvalue weighted by Crippen LogP contribution is -2.20. The third-order valence-electron chi connectivity index (χ3n) is 5.94. The molecule has 1 aliphatic rings. The van der Waals surface area contributed by atoms with E-state index in [-0.39, 0.29) is 23.0 Å². The van der Waals surface area contributed by atoms with E-state index in [1.165, 1.54) is 0 Å². The van der Waals surface area contributed by atoms with Gasteiger partial charge in [0.25, 0.3) is 0 Å². The number of hydrogen-bond acceptors (Lipinski definition) is 7.